The van der Waals surface area contributed by atoms with Crippen LogP contribution >= 0.6 is 0 Å². The Labute approximate surface area is 133 Å². The maximum Gasteiger partial charge on any atom is 0.485 e. The fourth-order valence-corrected chi connectivity index (χ4v) is 2.15. The first-order chi connectivity index (χ1) is 10.4. The molecule has 1 aliphatic heterocycles. The Morgan fingerprint density at radius 2 is 1.48 bits per heavy atom. The maximum absolute atomic E-state index is 10.7. The fourth-order valence-electron chi connectivity index (χ4n) is 2.15. The molecule has 0 radical (unpaired) electrons. The van der Waals surface area contributed by atoms with Crippen molar-refractivity contribution in [3.05, 3.63) is 23.3 Å². The number of benzene rings is 1. The lowest BCUT2D eigenvalue weighted by Gasteiger charge is -2.28. The van der Waals surface area contributed by atoms with Gasteiger partial charge in [0.2, 0.25) is 0 Å². The van der Waals surface area contributed by atoms with E-state index < -0.39 is 15.6 Å². The van der Waals surface area contributed by atoms with Crippen molar-refractivity contribution in [2.75, 3.05) is 13.2 Å². The molecule has 0 spiro atoms. The van der Waals surface area contributed by atoms with Crippen molar-refractivity contribution < 1.29 is 35.6 Å². The number of aryl methyl sites for hydroxylation is 2. The number of phenolic OH excluding ortho intramolecular Hbond substituents is 1. The molecular formula is C14H19F3O5S. The molecule has 23 heavy (non-hydrogen) atoms. The molecule has 5 nitrogen and oxygen atoms in total. The van der Waals surface area contributed by atoms with E-state index >= 15 is 0 Å². The largest absolute Gasteiger partial charge is 0.741 e. The molecule has 0 aromatic heterocycles. The summed E-state index contributed by atoms with van der Waals surface area (Å²) in [5.41, 5.74) is -3.72. The minimum absolute atomic E-state index is 0.427. The molecule has 2 rings (SSSR count). The zero-order chi connectivity index (χ0) is 17.8. The summed E-state index contributed by atoms with van der Waals surface area (Å²) in [5, 5.41) is 9.70. The highest BCUT2D eigenvalue weighted by Crippen LogP contribution is 2.34. The van der Waals surface area contributed by atoms with E-state index in [9.17, 15) is 18.3 Å². The molecule has 0 atom stereocenters. The first-order valence-corrected chi connectivity index (χ1v) is 8.34. The molecule has 0 aliphatic carbocycles. The SMILES string of the molecule is Cc1cc([O+]2CCCCC2)cc(C)c1O.O=S(=O)([O-])C(F)(F)F. The summed E-state index contributed by atoms with van der Waals surface area (Å²) < 4.78 is 62.2. The van der Waals surface area contributed by atoms with Crippen molar-refractivity contribution in [1.29, 1.82) is 0 Å². The molecule has 132 valence electrons. The van der Waals surface area contributed by atoms with E-state index in [0.717, 1.165) is 24.3 Å². The molecular weight excluding hydrogens is 337 g/mol. The van der Waals surface area contributed by atoms with Gasteiger partial charge in [-0.1, -0.05) is 0 Å². The average molecular weight is 356 g/mol. The lowest BCUT2D eigenvalue weighted by Crippen LogP contribution is -2.21. The zero-order valence-corrected chi connectivity index (χ0v) is 13.6. The molecule has 1 aliphatic rings. The third kappa shape index (κ3) is 5.58. The normalized spacial score (nSPS) is 15.8. The quantitative estimate of drug-likeness (QED) is 0.474. The van der Waals surface area contributed by atoms with E-state index in [2.05, 4.69) is 16.5 Å². The van der Waals surface area contributed by atoms with Crippen molar-refractivity contribution in [2.24, 2.45) is 0 Å². The summed E-state index contributed by atoms with van der Waals surface area (Å²) in [4.78, 5) is 0. The van der Waals surface area contributed by atoms with Crippen molar-refractivity contribution in [3.63, 3.8) is 0 Å². The van der Waals surface area contributed by atoms with Crippen LogP contribution in [0, 0.1) is 13.8 Å². The lowest BCUT2D eigenvalue weighted by atomic mass is 10.1. The standard InChI is InChI=1S/C13H18O2.CHF3O3S/c1-10-8-12(9-11(2)13(10)14)15-6-4-3-5-7-15;2-1(3,4)8(5,6)7/h8-9H,3-7H2,1-2H3;(H,5,6,7). The van der Waals surface area contributed by atoms with E-state index in [1.54, 1.807) is 0 Å². The number of halogens is 3. The fraction of sp³-hybridized carbons (Fsp3) is 0.571. The molecule has 1 N–H and O–H groups in total. The van der Waals surface area contributed by atoms with Crippen LogP contribution in [0.15, 0.2) is 12.1 Å². The Hall–Kier alpha value is -1.48. The van der Waals surface area contributed by atoms with Crippen LogP contribution < -0.4 is 0 Å². The molecule has 9 heteroatoms. The minimum Gasteiger partial charge on any atom is -0.741 e. The maximum atomic E-state index is 10.7. The monoisotopic (exact) mass is 356 g/mol. The van der Waals surface area contributed by atoms with Crippen molar-refractivity contribution in [1.82, 2.24) is 0 Å². The Morgan fingerprint density at radius 3 is 1.83 bits per heavy atom. The van der Waals surface area contributed by atoms with Crippen molar-refractivity contribution in [3.8, 4) is 11.5 Å². The Kier molecular flexibility index (Phi) is 6.29. The molecule has 0 amide bonds. The van der Waals surface area contributed by atoms with Gasteiger partial charge in [-0.05, 0) is 20.3 Å². The van der Waals surface area contributed by atoms with Gasteiger partial charge in [-0.3, -0.25) is 0 Å². The van der Waals surface area contributed by atoms with Crippen LogP contribution in [0.2, 0.25) is 0 Å². The number of hydrogen-bond donors (Lipinski definition) is 1. The highest BCUT2D eigenvalue weighted by atomic mass is 32.2. The Morgan fingerprint density at radius 1 is 1.09 bits per heavy atom. The average Bonchev–Trinajstić information content (AvgIpc) is 2.44. The summed E-state index contributed by atoms with van der Waals surface area (Å²) in [6.07, 6.45) is 3.84. The van der Waals surface area contributed by atoms with Gasteiger partial charge in [-0.25, -0.2) is 8.42 Å². The smallest absolute Gasteiger partial charge is 0.485 e. The molecule has 1 fully saturated rings. The van der Waals surface area contributed by atoms with Gasteiger partial charge in [0.05, 0.1) is 0 Å². The highest BCUT2D eigenvalue weighted by molar-refractivity contribution is 7.86. The predicted octanol–water partition coefficient (Wildman–Crippen LogP) is 3.51. The van der Waals surface area contributed by atoms with E-state index in [0.29, 0.717) is 5.75 Å². The minimum atomic E-state index is -6.09. The van der Waals surface area contributed by atoms with E-state index in [1.807, 2.05) is 13.8 Å². The molecule has 0 saturated carbocycles. The van der Waals surface area contributed by atoms with Crippen LogP contribution in [0.5, 0.6) is 11.5 Å². The Bertz CT molecular complexity index is 611. The zero-order valence-electron chi connectivity index (χ0n) is 12.8. The molecule has 1 aromatic carbocycles. The first-order valence-electron chi connectivity index (χ1n) is 6.93. The van der Waals surface area contributed by atoms with Crippen molar-refractivity contribution >= 4 is 10.1 Å². The van der Waals surface area contributed by atoms with Gasteiger partial charge in [-0.15, -0.1) is 0 Å². The van der Waals surface area contributed by atoms with E-state index in [-0.39, 0.29) is 0 Å². The second-order valence-corrected chi connectivity index (χ2v) is 6.64. The predicted molar refractivity (Wildman–Crippen MR) is 77.4 cm³/mol. The van der Waals surface area contributed by atoms with Crippen LogP contribution in [-0.4, -0.2) is 36.8 Å². The number of rotatable bonds is 1. The molecule has 1 saturated heterocycles. The van der Waals surface area contributed by atoms with Gasteiger partial charge in [0.1, 0.15) is 5.75 Å². The summed E-state index contributed by atoms with van der Waals surface area (Å²) in [6, 6.07) is 4.11. The van der Waals surface area contributed by atoms with Gasteiger partial charge in [0.25, 0.3) is 5.75 Å². The third-order valence-electron chi connectivity index (χ3n) is 3.36. The van der Waals surface area contributed by atoms with Gasteiger partial charge in [-0.2, -0.15) is 13.2 Å². The Balaban J connectivity index is 0.000000284. The summed E-state index contributed by atoms with van der Waals surface area (Å²) in [7, 11) is -6.09. The second kappa shape index (κ2) is 7.39. The van der Waals surface area contributed by atoms with Crippen LogP contribution in [0.1, 0.15) is 30.4 Å². The second-order valence-electron chi connectivity index (χ2n) is 5.27. The highest BCUT2D eigenvalue weighted by Gasteiger charge is 2.36. The summed E-state index contributed by atoms with van der Waals surface area (Å²) in [5.74, 6) is 1.61. The molecule has 1 aromatic rings. The van der Waals surface area contributed by atoms with Crippen LogP contribution in [0.3, 0.4) is 0 Å². The number of hydrogen-bond acceptors (Lipinski definition) is 4. The number of phenols is 1. The summed E-state index contributed by atoms with van der Waals surface area (Å²) in [6.45, 7) is 6.06. The summed E-state index contributed by atoms with van der Waals surface area (Å²) >= 11 is 0. The van der Waals surface area contributed by atoms with E-state index in [1.165, 1.54) is 25.0 Å². The first kappa shape index (κ1) is 19.6. The topological polar surface area (TPSA) is 80.1 Å². The molecule has 0 unspecified atom stereocenters. The molecule has 1 heterocycles. The van der Waals surface area contributed by atoms with Gasteiger partial charge >= 0.3 is 5.51 Å². The van der Waals surface area contributed by atoms with Gasteiger partial charge < -0.3 is 14.0 Å². The lowest BCUT2D eigenvalue weighted by molar-refractivity contribution is -0.0771. The number of aromatic hydroxyl groups is 1. The van der Waals surface area contributed by atoms with Crippen LogP contribution in [0.4, 0.5) is 13.2 Å². The number of alkyl halides is 3. The van der Waals surface area contributed by atoms with Gasteiger partial charge in [0.15, 0.2) is 23.3 Å². The van der Waals surface area contributed by atoms with Crippen molar-refractivity contribution in [2.45, 2.75) is 38.6 Å². The van der Waals surface area contributed by atoms with Crippen LogP contribution in [-0.2, 0) is 14.5 Å². The molecule has 0 bridgehead atoms. The van der Waals surface area contributed by atoms with Gasteiger partial charge in [0, 0.05) is 36.1 Å². The van der Waals surface area contributed by atoms with E-state index in [4.69, 9.17) is 13.0 Å². The third-order valence-corrected chi connectivity index (χ3v) is 3.93. The van der Waals surface area contributed by atoms with Crippen LogP contribution in [0.25, 0.3) is 0 Å².